The van der Waals surface area contributed by atoms with E-state index in [4.69, 9.17) is 26.1 Å². The van der Waals surface area contributed by atoms with Gasteiger partial charge >= 0.3 is 0 Å². The number of halogens is 1. The number of carbonyl (C=O) groups is 1. The molecule has 0 unspecified atom stereocenters. The Bertz CT molecular complexity index is 1230. The molecule has 3 aromatic rings. The van der Waals surface area contributed by atoms with E-state index in [1.807, 2.05) is 85.8 Å². The molecule has 1 fully saturated rings. The maximum absolute atomic E-state index is 13.3. The molecule has 0 aliphatic carbocycles. The molecule has 34 heavy (non-hydrogen) atoms. The van der Waals surface area contributed by atoms with E-state index < -0.39 is 0 Å². The van der Waals surface area contributed by atoms with E-state index in [0.29, 0.717) is 33.1 Å². The van der Waals surface area contributed by atoms with Crippen LogP contribution < -0.4 is 9.47 Å². The third-order valence-corrected chi connectivity index (χ3v) is 6.54. The third kappa shape index (κ3) is 5.46. The summed E-state index contributed by atoms with van der Waals surface area (Å²) in [4.78, 5) is 20.3. The third-order valence-electron chi connectivity index (χ3n) is 5.16. The fourth-order valence-corrected chi connectivity index (χ4v) is 4.70. The van der Waals surface area contributed by atoms with Crippen LogP contribution in [0, 0.1) is 0 Å². The zero-order valence-electron chi connectivity index (χ0n) is 19.0. The number of rotatable bonds is 8. The molecule has 3 aromatic carbocycles. The molecule has 1 aliphatic rings. The van der Waals surface area contributed by atoms with Crippen molar-refractivity contribution in [2.45, 2.75) is 20.0 Å². The van der Waals surface area contributed by atoms with Crippen LogP contribution in [0.2, 0.25) is 5.02 Å². The van der Waals surface area contributed by atoms with Crippen LogP contribution >= 0.6 is 23.4 Å². The summed E-state index contributed by atoms with van der Waals surface area (Å²) in [5.74, 6) is 1.07. The molecule has 1 saturated heterocycles. The Morgan fingerprint density at radius 3 is 2.53 bits per heavy atom. The summed E-state index contributed by atoms with van der Waals surface area (Å²) >= 11 is 7.66. The molecule has 4 rings (SSSR count). The predicted molar refractivity (Wildman–Crippen MR) is 140 cm³/mol. The van der Waals surface area contributed by atoms with Gasteiger partial charge in [-0.3, -0.25) is 9.69 Å². The summed E-state index contributed by atoms with van der Waals surface area (Å²) in [5.41, 5.74) is 2.43. The van der Waals surface area contributed by atoms with Gasteiger partial charge in [0.1, 0.15) is 6.61 Å². The first kappa shape index (κ1) is 23.9. The fraction of sp³-hybridized carbons (Fsp3) is 0.185. The van der Waals surface area contributed by atoms with Crippen molar-refractivity contribution in [1.82, 2.24) is 4.90 Å². The Kier molecular flexibility index (Phi) is 7.93. The second-order valence-electron chi connectivity index (χ2n) is 7.56. The highest BCUT2D eigenvalue weighted by atomic mass is 35.5. The molecule has 0 atom stereocenters. The summed E-state index contributed by atoms with van der Waals surface area (Å²) in [5, 5.41) is 1.31. The number of aliphatic imine (C=N–C) groups is 1. The van der Waals surface area contributed by atoms with Crippen molar-refractivity contribution >= 4 is 46.2 Å². The number of methoxy groups -OCH3 is 1. The van der Waals surface area contributed by atoms with Crippen molar-refractivity contribution < 1.29 is 14.3 Å². The first-order valence-electron chi connectivity index (χ1n) is 11.0. The molecule has 0 aromatic heterocycles. The molecular formula is C27H25ClN2O3S. The Morgan fingerprint density at radius 1 is 1.03 bits per heavy atom. The smallest absolute Gasteiger partial charge is 0.266 e. The minimum atomic E-state index is -0.0681. The van der Waals surface area contributed by atoms with E-state index in [9.17, 15) is 4.79 Å². The molecule has 7 heteroatoms. The topological polar surface area (TPSA) is 51.1 Å². The molecule has 0 saturated carbocycles. The summed E-state index contributed by atoms with van der Waals surface area (Å²) in [7, 11) is 1.59. The molecule has 0 spiro atoms. The second kappa shape index (κ2) is 11.3. The van der Waals surface area contributed by atoms with Gasteiger partial charge < -0.3 is 9.47 Å². The lowest BCUT2D eigenvalue weighted by Crippen LogP contribution is -2.29. The standard InChI is InChI=1S/C27H25ClN2O3S/c1-3-16-30-26(31)24(34-27(30)29-21-12-5-4-6-13-21)17-19-11-9-15-23(32-2)25(19)33-18-20-10-7-8-14-22(20)28/h4-15,17H,3,16,18H2,1-2H3/b24-17+,29-27?. The van der Waals surface area contributed by atoms with Gasteiger partial charge in [0, 0.05) is 22.7 Å². The lowest BCUT2D eigenvalue weighted by atomic mass is 10.1. The Labute approximate surface area is 209 Å². The highest BCUT2D eigenvalue weighted by Gasteiger charge is 2.33. The number of thioether (sulfide) groups is 1. The van der Waals surface area contributed by atoms with Gasteiger partial charge in [0.05, 0.1) is 17.7 Å². The number of hydrogen-bond acceptors (Lipinski definition) is 5. The molecule has 174 valence electrons. The molecule has 1 amide bonds. The average Bonchev–Trinajstić information content (AvgIpc) is 3.13. The molecular weight excluding hydrogens is 468 g/mol. The Balaban J connectivity index is 1.67. The van der Waals surface area contributed by atoms with Crippen molar-refractivity contribution in [2.75, 3.05) is 13.7 Å². The van der Waals surface area contributed by atoms with E-state index in [1.54, 1.807) is 12.0 Å². The number of ether oxygens (including phenoxy) is 2. The lowest BCUT2D eigenvalue weighted by molar-refractivity contribution is -0.122. The van der Waals surface area contributed by atoms with Crippen LogP contribution in [0.3, 0.4) is 0 Å². The van der Waals surface area contributed by atoms with E-state index in [1.165, 1.54) is 11.8 Å². The highest BCUT2D eigenvalue weighted by molar-refractivity contribution is 8.18. The van der Waals surface area contributed by atoms with Crippen molar-refractivity contribution in [3.8, 4) is 11.5 Å². The minimum absolute atomic E-state index is 0.0681. The van der Waals surface area contributed by atoms with Gasteiger partial charge in [0.15, 0.2) is 16.7 Å². The fourth-order valence-electron chi connectivity index (χ4n) is 3.49. The van der Waals surface area contributed by atoms with E-state index in [0.717, 1.165) is 23.2 Å². The van der Waals surface area contributed by atoms with Crippen molar-refractivity contribution in [3.63, 3.8) is 0 Å². The van der Waals surface area contributed by atoms with Crippen LogP contribution in [-0.4, -0.2) is 29.6 Å². The van der Waals surface area contributed by atoms with Gasteiger partial charge in [-0.2, -0.15) is 0 Å². The highest BCUT2D eigenvalue weighted by Crippen LogP contribution is 2.38. The molecule has 0 N–H and O–H groups in total. The zero-order chi connectivity index (χ0) is 23.9. The molecule has 0 radical (unpaired) electrons. The summed E-state index contributed by atoms with van der Waals surface area (Å²) in [6, 6.07) is 22.8. The molecule has 1 heterocycles. The Hall–Kier alpha value is -3.22. The van der Waals surface area contributed by atoms with Gasteiger partial charge in [-0.15, -0.1) is 0 Å². The number of hydrogen-bond donors (Lipinski definition) is 0. The van der Waals surface area contributed by atoms with Gasteiger partial charge in [-0.05, 0) is 48.5 Å². The summed E-state index contributed by atoms with van der Waals surface area (Å²) in [6.07, 6.45) is 2.67. The molecule has 5 nitrogen and oxygen atoms in total. The second-order valence-corrected chi connectivity index (χ2v) is 8.97. The maximum Gasteiger partial charge on any atom is 0.266 e. The normalized spacial score (nSPS) is 15.9. The summed E-state index contributed by atoms with van der Waals surface area (Å²) in [6.45, 7) is 2.92. The summed E-state index contributed by atoms with van der Waals surface area (Å²) < 4.78 is 11.7. The zero-order valence-corrected chi connectivity index (χ0v) is 20.6. The number of benzene rings is 3. The van der Waals surface area contributed by atoms with Crippen LogP contribution in [-0.2, 0) is 11.4 Å². The predicted octanol–water partition coefficient (Wildman–Crippen LogP) is 6.94. The molecule has 1 aliphatic heterocycles. The lowest BCUT2D eigenvalue weighted by Gasteiger charge is -2.15. The quantitative estimate of drug-likeness (QED) is 0.319. The van der Waals surface area contributed by atoms with E-state index in [-0.39, 0.29) is 12.5 Å². The average molecular weight is 493 g/mol. The minimum Gasteiger partial charge on any atom is -0.493 e. The number of amides is 1. The van der Waals surface area contributed by atoms with Crippen LogP contribution in [0.4, 0.5) is 5.69 Å². The van der Waals surface area contributed by atoms with Gasteiger partial charge in [0.2, 0.25) is 0 Å². The van der Waals surface area contributed by atoms with E-state index >= 15 is 0 Å². The van der Waals surface area contributed by atoms with Crippen molar-refractivity contribution in [1.29, 1.82) is 0 Å². The van der Waals surface area contributed by atoms with Gasteiger partial charge in [-0.25, -0.2) is 4.99 Å². The maximum atomic E-state index is 13.3. The first-order chi connectivity index (χ1) is 16.6. The molecule has 0 bridgehead atoms. The monoisotopic (exact) mass is 492 g/mol. The van der Waals surface area contributed by atoms with E-state index in [2.05, 4.69) is 0 Å². The largest absolute Gasteiger partial charge is 0.493 e. The number of carbonyl (C=O) groups excluding carboxylic acids is 1. The van der Waals surface area contributed by atoms with Crippen LogP contribution in [0.5, 0.6) is 11.5 Å². The van der Waals surface area contributed by atoms with Gasteiger partial charge in [0.25, 0.3) is 5.91 Å². The van der Waals surface area contributed by atoms with Crippen molar-refractivity contribution in [2.24, 2.45) is 4.99 Å². The number of para-hydroxylation sites is 2. The number of nitrogens with zero attached hydrogens (tertiary/aromatic N) is 2. The number of amidine groups is 1. The van der Waals surface area contributed by atoms with Crippen LogP contribution in [0.1, 0.15) is 24.5 Å². The van der Waals surface area contributed by atoms with Gasteiger partial charge in [-0.1, -0.05) is 67.1 Å². The first-order valence-corrected chi connectivity index (χ1v) is 12.2. The van der Waals surface area contributed by atoms with Crippen LogP contribution in [0.15, 0.2) is 82.7 Å². The SMILES string of the molecule is CCCN1C(=O)/C(=C\c2cccc(OC)c2OCc2ccccc2Cl)SC1=Nc1ccccc1. The Morgan fingerprint density at radius 2 is 1.79 bits per heavy atom. The van der Waals surface area contributed by atoms with Crippen molar-refractivity contribution in [3.05, 3.63) is 93.9 Å². The van der Waals surface area contributed by atoms with Crippen LogP contribution in [0.25, 0.3) is 6.08 Å².